The van der Waals surface area contributed by atoms with Crippen LogP contribution in [-0.2, 0) is 17.4 Å². The summed E-state index contributed by atoms with van der Waals surface area (Å²) < 4.78 is 9.51. The van der Waals surface area contributed by atoms with E-state index in [0.29, 0.717) is 39.6 Å². The van der Waals surface area contributed by atoms with Crippen molar-refractivity contribution < 1.29 is 19.4 Å². The van der Waals surface area contributed by atoms with Crippen LogP contribution in [0.4, 0.5) is 5.82 Å². The summed E-state index contributed by atoms with van der Waals surface area (Å²) in [5.41, 5.74) is 14.5. The molecule has 69 heavy (non-hydrogen) atoms. The molecule has 0 saturated heterocycles. The Morgan fingerprint density at radius 2 is 1.07 bits per heavy atom. The lowest BCUT2D eigenvalue weighted by molar-refractivity contribution is 0.0993. The molecule has 0 unspecified atom stereocenters. The van der Waals surface area contributed by atoms with Crippen LogP contribution in [0.25, 0.3) is 32.3 Å². The van der Waals surface area contributed by atoms with E-state index in [-0.39, 0.29) is 11.5 Å². The number of hydrogen-bond acceptors (Lipinski definition) is 10. The van der Waals surface area contributed by atoms with Crippen molar-refractivity contribution in [2.75, 3.05) is 19.4 Å². The summed E-state index contributed by atoms with van der Waals surface area (Å²) in [5, 5.41) is 19.4. The first-order chi connectivity index (χ1) is 32.7. The lowest BCUT2D eigenvalue weighted by Gasteiger charge is -2.02. The summed E-state index contributed by atoms with van der Waals surface area (Å²) in [5.74, 6) is 1.07. The number of rotatable bonds is 1. The topological polar surface area (TPSA) is 161 Å². The molecule has 0 fully saturated rings. The molecule has 5 aromatic carbocycles. The number of nitrogens with one attached hydrogen (secondary N) is 1. The van der Waals surface area contributed by atoms with Gasteiger partial charge in [-0.3, -0.25) is 14.2 Å². The van der Waals surface area contributed by atoms with E-state index in [2.05, 4.69) is 127 Å². The smallest absolute Gasteiger partial charge is 0.339 e. The number of aryl methyl sites for hydroxylation is 6. The highest BCUT2D eigenvalue weighted by molar-refractivity contribution is 8.24. The predicted molar refractivity (Wildman–Crippen MR) is 292 cm³/mol. The number of carbonyl (C=O) groups is 2. The summed E-state index contributed by atoms with van der Waals surface area (Å²) in [4.78, 5) is 34.9. The molecule has 3 heterocycles. The van der Waals surface area contributed by atoms with E-state index in [1.165, 1.54) is 45.6 Å². The van der Waals surface area contributed by atoms with Crippen molar-refractivity contribution in [3.8, 4) is 0 Å². The highest BCUT2D eigenvalue weighted by atomic mass is 36.0. The molecule has 0 atom stereocenters. The van der Waals surface area contributed by atoms with Gasteiger partial charge in [-0.2, -0.15) is 0 Å². The molecule has 0 radical (unpaired) electrons. The quantitative estimate of drug-likeness (QED) is 0.0629. The Balaban J connectivity index is 0.000000182. The van der Waals surface area contributed by atoms with Crippen molar-refractivity contribution in [1.29, 1.82) is 0 Å². The van der Waals surface area contributed by atoms with Crippen LogP contribution in [0.1, 0.15) is 66.1 Å². The van der Waals surface area contributed by atoms with Crippen molar-refractivity contribution in [1.82, 2.24) is 15.0 Å². The van der Waals surface area contributed by atoms with Gasteiger partial charge in [0, 0.05) is 59.6 Å². The lowest BCUT2D eigenvalue weighted by Crippen LogP contribution is -2.06. The Hall–Kier alpha value is -5.13. The van der Waals surface area contributed by atoms with Gasteiger partial charge in [0.15, 0.2) is 5.78 Å². The normalized spacial score (nSPS) is 12.5. The van der Waals surface area contributed by atoms with Gasteiger partial charge in [0.1, 0.15) is 27.0 Å². The number of ketones is 2. The number of Topliss-reactive ketones (excluding diaryl/α,β-unsaturated/α-hetero) is 2. The Labute approximate surface area is 431 Å². The van der Waals surface area contributed by atoms with Crippen LogP contribution in [0.15, 0.2) is 127 Å². The molecule has 17 heteroatoms. The minimum atomic E-state index is -3.22. The third-order valence-electron chi connectivity index (χ3n) is 10.3. The zero-order valence-electron chi connectivity index (χ0n) is 38.9. The van der Waals surface area contributed by atoms with E-state index in [1.807, 2.05) is 94.7 Å². The molecule has 2 aliphatic carbocycles. The Kier molecular flexibility index (Phi) is 21.9. The number of halogens is 6. The van der Waals surface area contributed by atoms with Gasteiger partial charge in [-0.25, -0.2) is 15.0 Å². The molecular formula is C52H51Cl6N6O4P. The van der Waals surface area contributed by atoms with Crippen molar-refractivity contribution in [2.45, 2.75) is 53.9 Å². The second kappa shape index (κ2) is 26.7. The Morgan fingerprint density at radius 1 is 0.594 bits per heavy atom. The van der Waals surface area contributed by atoms with Gasteiger partial charge < -0.3 is 16.3 Å². The van der Waals surface area contributed by atoms with E-state index in [1.54, 1.807) is 6.20 Å². The molecular weight excluding hydrogens is 1020 g/mol. The van der Waals surface area contributed by atoms with Crippen LogP contribution >= 0.6 is 73.7 Å². The highest BCUT2D eigenvalue weighted by Gasteiger charge is 2.26. The fourth-order valence-electron chi connectivity index (χ4n) is 7.04. The first kappa shape index (κ1) is 56.5. The van der Waals surface area contributed by atoms with E-state index < -0.39 is 5.20 Å². The number of pyridine rings is 3. The zero-order valence-corrected chi connectivity index (χ0v) is 44.4. The summed E-state index contributed by atoms with van der Waals surface area (Å²) in [6.45, 7) is 10.1. The third kappa shape index (κ3) is 17.7. The number of anilines is 1. The molecule has 2 aliphatic rings. The van der Waals surface area contributed by atoms with Crippen LogP contribution in [0.3, 0.4) is 0 Å². The summed E-state index contributed by atoms with van der Waals surface area (Å²) in [6, 6.07) is 36.1. The number of hydrogen-bond donors (Lipinski definition) is 3. The minimum absolute atomic E-state index is 0.152. The highest BCUT2D eigenvalue weighted by Crippen LogP contribution is 2.61. The van der Waals surface area contributed by atoms with Crippen LogP contribution in [-0.4, -0.2) is 51.5 Å². The van der Waals surface area contributed by atoms with Gasteiger partial charge in [0.2, 0.25) is 5.78 Å². The van der Waals surface area contributed by atoms with Crippen LogP contribution in [0.2, 0.25) is 15.5 Å². The summed E-state index contributed by atoms with van der Waals surface area (Å²) in [7, 11) is 3.38. The van der Waals surface area contributed by atoms with Gasteiger partial charge in [-0.1, -0.05) is 147 Å². The average Bonchev–Trinajstić information content (AvgIpc) is 3.83. The van der Waals surface area contributed by atoms with Crippen LogP contribution in [0.5, 0.6) is 0 Å². The van der Waals surface area contributed by atoms with E-state index in [4.69, 9.17) is 40.0 Å². The first-order valence-corrected chi connectivity index (χ1v) is 26.8. The monoisotopic (exact) mass is 1060 g/mol. The first-order valence-electron chi connectivity index (χ1n) is 21.2. The molecule has 8 aromatic rings. The molecule has 10 nitrogen and oxygen atoms in total. The van der Waals surface area contributed by atoms with Crippen LogP contribution < -0.4 is 11.1 Å². The average molecular weight is 1070 g/mol. The van der Waals surface area contributed by atoms with Gasteiger partial charge in [-0.05, 0) is 139 Å². The number of nitrogens with two attached hydrogens (primary N) is 1. The molecule has 0 bridgehead atoms. The summed E-state index contributed by atoms with van der Waals surface area (Å²) >= 11 is 31.3. The van der Waals surface area contributed by atoms with E-state index in [9.17, 15) is 14.2 Å². The van der Waals surface area contributed by atoms with Gasteiger partial charge in [0.05, 0.1) is 0 Å². The van der Waals surface area contributed by atoms with E-state index >= 15 is 0 Å². The number of benzene rings is 5. The fourth-order valence-corrected chi connectivity index (χ4v) is 7.71. The van der Waals surface area contributed by atoms with Gasteiger partial charge >= 0.3 is 5.20 Å². The standard InChI is InChI=1S/C11H12N2.C10H7Cl2N.C10H8ClN.C10H9NO2.C10H10O.CH5N.Cl3OP/c1-8-3-4-9-7-13-11(12-2)6-10(9)5-8;1-6-2-3-8-7(4-6)5-9(11)13-10(8)12;1-7-2-3-8-6-12-10(11)5-9(8)4-7;1-6-2-3-7-5-9(11-13)10(12)8(7)4-6;1-7-2-3-8-4-5-10(11)9(8)6-7;1-2;1-5(2,3)4/h3-7H,1-2H3,(H,12,13);2-5H,1H3;2-6H,1H3;2-4,13H,5H2,1H3;2-3,6H,4-5H2,1H3;2H2,1H3;. The number of aromatic nitrogens is 3. The van der Waals surface area contributed by atoms with Crippen molar-refractivity contribution in [2.24, 2.45) is 10.9 Å². The molecule has 0 amide bonds. The number of carbonyl (C=O) groups excluding carboxylic acids is 2. The molecule has 0 saturated carbocycles. The largest absolute Gasteiger partial charge is 0.411 e. The number of fused-ring (bicyclic) bond motifs is 5. The maximum absolute atomic E-state index is 11.5. The Bertz CT molecular complexity index is 3130. The molecule has 3 aromatic heterocycles. The second-order valence-electron chi connectivity index (χ2n) is 15.7. The predicted octanol–water partition coefficient (Wildman–Crippen LogP) is 15.7. The Morgan fingerprint density at radius 3 is 1.65 bits per heavy atom. The SMILES string of the molecule is CN.CNc1cc2cc(C)ccc2cn1.Cc1ccc2c(Cl)nc(Cl)cc2c1.Cc1ccc2c(c1)C(=O)C(=NO)C2.Cc1ccc2c(c1)C(=O)CC2.Cc1ccc2cnc(Cl)cc2c1.O=P(Cl)(Cl)Cl. The number of oxime groups is 1. The fraction of sp³-hybridized carbons (Fsp3) is 0.192. The van der Waals surface area contributed by atoms with Crippen molar-refractivity contribution in [3.63, 3.8) is 0 Å². The number of nitrogens with zero attached hydrogens (tertiary/aromatic N) is 4. The molecule has 0 aliphatic heterocycles. The summed E-state index contributed by atoms with van der Waals surface area (Å²) in [6.07, 6.45) is 5.77. The molecule has 360 valence electrons. The second-order valence-corrected chi connectivity index (χ2v) is 23.5. The molecule has 4 N–H and O–H groups in total. The third-order valence-corrected chi connectivity index (χ3v) is 11.0. The maximum atomic E-state index is 11.5. The lowest BCUT2D eigenvalue weighted by atomic mass is 10.1. The minimum Gasteiger partial charge on any atom is -0.411 e. The van der Waals surface area contributed by atoms with E-state index in [0.717, 1.165) is 50.5 Å². The van der Waals surface area contributed by atoms with Gasteiger partial charge in [-0.15, -0.1) is 0 Å². The maximum Gasteiger partial charge on any atom is 0.339 e. The zero-order chi connectivity index (χ0) is 51.0. The van der Waals surface area contributed by atoms with Crippen molar-refractivity contribution >= 4 is 129 Å². The molecule has 10 rings (SSSR count). The molecule has 0 spiro atoms. The van der Waals surface area contributed by atoms with Gasteiger partial charge in [0.25, 0.3) is 0 Å². The van der Waals surface area contributed by atoms with Crippen LogP contribution in [0, 0.1) is 34.6 Å². The van der Waals surface area contributed by atoms with Crippen molar-refractivity contribution in [3.05, 3.63) is 187 Å².